The lowest BCUT2D eigenvalue weighted by Gasteiger charge is -2.10. The second-order valence-electron chi connectivity index (χ2n) is 4.56. The van der Waals surface area contributed by atoms with Gasteiger partial charge in [0, 0.05) is 25.4 Å². The molecule has 102 valence electrons. The van der Waals surface area contributed by atoms with Crippen LogP contribution in [0.2, 0.25) is 0 Å². The first-order chi connectivity index (χ1) is 9.68. The van der Waals surface area contributed by atoms with E-state index in [1.165, 1.54) is 0 Å². The number of aryl methyl sites for hydroxylation is 1. The summed E-state index contributed by atoms with van der Waals surface area (Å²) >= 11 is 0. The van der Waals surface area contributed by atoms with Crippen LogP contribution in [-0.4, -0.2) is 25.0 Å². The van der Waals surface area contributed by atoms with Crippen LogP contribution in [0.15, 0.2) is 41.5 Å². The van der Waals surface area contributed by atoms with Crippen molar-refractivity contribution in [1.82, 2.24) is 14.0 Å². The van der Waals surface area contributed by atoms with Gasteiger partial charge < -0.3 is 9.51 Å². The zero-order valence-corrected chi connectivity index (χ0v) is 10.7. The molecule has 1 N–H and O–H groups in total. The highest BCUT2D eigenvalue weighted by molar-refractivity contribution is 5.75. The highest BCUT2D eigenvalue weighted by atomic mass is 16.4. The van der Waals surface area contributed by atoms with Gasteiger partial charge in [0.25, 0.3) is 5.56 Å². The van der Waals surface area contributed by atoms with Crippen molar-refractivity contribution in [3.05, 3.63) is 47.0 Å². The third-order valence-corrected chi connectivity index (χ3v) is 3.27. The van der Waals surface area contributed by atoms with Crippen LogP contribution in [0.25, 0.3) is 16.7 Å². The lowest BCUT2D eigenvalue weighted by Crippen LogP contribution is -2.23. The van der Waals surface area contributed by atoms with Gasteiger partial charge in [0.15, 0.2) is 5.65 Å². The summed E-state index contributed by atoms with van der Waals surface area (Å²) in [7, 11) is 0. The third kappa shape index (κ3) is 1.95. The van der Waals surface area contributed by atoms with Crippen LogP contribution in [0.3, 0.4) is 0 Å². The molecule has 0 radical (unpaired) electrons. The molecule has 0 bridgehead atoms. The number of fused-ring (bicyclic) bond motifs is 3. The molecule has 0 aromatic carbocycles. The number of pyridine rings is 1. The number of carboxylic acid groups (broad SMARTS) is 1. The summed E-state index contributed by atoms with van der Waals surface area (Å²) in [5.41, 5.74) is 1.83. The molecule has 3 aromatic rings. The lowest BCUT2D eigenvalue weighted by atomic mass is 10.3. The number of carbonyl (C=O) groups is 1. The van der Waals surface area contributed by atoms with Crippen LogP contribution in [0.1, 0.15) is 12.8 Å². The van der Waals surface area contributed by atoms with Gasteiger partial charge in [0.05, 0.1) is 5.52 Å². The first-order valence-corrected chi connectivity index (χ1v) is 6.35. The highest BCUT2D eigenvalue weighted by Crippen LogP contribution is 2.13. The fraction of sp³-hybridized carbons (Fsp3) is 0.214. The summed E-state index contributed by atoms with van der Waals surface area (Å²) in [4.78, 5) is 27.3. The monoisotopic (exact) mass is 271 g/mol. The van der Waals surface area contributed by atoms with Gasteiger partial charge >= 0.3 is 5.97 Å². The molecular formula is C14H13N3O3. The second-order valence-corrected chi connectivity index (χ2v) is 4.56. The Kier molecular flexibility index (Phi) is 2.98. The van der Waals surface area contributed by atoms with Crippen molar-refractivity contribution >= 4 is 22.6 Å². The van der Waals surface area contributed by atoms with E-state index >= 15 is 0 Å². The number of hydrogen-bond donors (Lipinski definition) is 1. The summed E-state index contributed by atoms with van der Waals surface area (Å²) in [6.45, 7) is 0.348. The largest absolute Gasteiger partial charge is 0.481 e. The normalized spacial score (nSPS) is 11.2. The number of aliphatic carboxylic acids is 1. The summed E-state index contributed by atoms with van der Waals surface area (Å²) in [5.74, 6) is -0.862. The number of rotatable bonds is 4. The zero-order chi connectivity index (χ0) is 14.1. The van der Waals surface area contributed by atoms with Crippen LogP contribution < -0.4 is 5.56 Å². The van der Waals surface area contributed by atoms with Crippen LogP contribution in [0, 0.1) is 0 Å². The van der Waals surface area contributed by atoms with E-state index in [-0.39, 0.29) is 12.0 Å². The van der Waals surface area contributed by atoms with Crippen LogP contribution in [-0.2, 0) is 11.3 Å². The maximum atomic E-state index is 12.4. The molecule has 0 aliphatic carbocycles. The fourth-order valence-electron chi connectivity index (χ4n) is 2.38. The number of aromatic nitrogens is 3. The summed E-state index contributed by atoms with van der Waals surface area (Å²) in [6.07, 6.45) is 3.89. The van der Waals surface area contributed by atoms with Gasteiger partial charge in [-0.1, -0.05) is 0 Å². The van der Waals surface area contributed by atoms with Gasteiger partial charge in [-0.05, 0) is 30.7 Å². The van der Waals surface area contributed by atoms with E-state index in [0.29, 0.717) is 24.1 Å². The molecule has 0 saturated carbocycles. The third-order valence-electron chi connectivity index (χ3n) is 3.27. The Bertz CT molecular complexity index is 848. The van der Waals surface area contributed by atoms with Gasteiger partial charge in [-0.3, -0.25) is 14.2 Å². The van der Waals surface area contributed by atoms with Crippen molar-refractivity contribution in [2.75, 3.05) is 0 Å². The Morgan fingerprint density at radius 3 is 2.85 bits per heavy atom. The molecular weight excluding hydrogens is 258 g/mol. The van der Waals surface area contributed by atoms with Crippen LogP contribution >= 0.6 is 0 Å². The molecule has 3 heterocycles. The molecule has 0 aliphatic heterocycles. The van der Waals surface area contributed by atoms with Crippen molar-refractivity contribution in [1.29, 1.82) is 0 Å². The van der Waals surface area contributed by atoms with Gasteiger partial charge in [0.2, 0.25) is 0 Å². The minimum absolute atomic E-state index is 0.0347. The van der Waals surface area contributed by atoms with Crippen molar-refractivity contribution in [3.63, 3.8) is 0 Å². The van der Waals surface area contributed by atoms with Crippen molar-refractivity contribution in [2.24, 2.45) is 0 Å². The molecule has 0 spiro atoms. The van der Waals surface area contributed by atoms with E-state index in [2.05, 4.69) is 4.98 Å². The lowest BCUT2D eigenvalue weighted by molar-refractivity contribution is -0.137. The Hall–Kier alpha value is -2.63. The van der Waals surface area contributed by atoms with Crippen molar-refractivity contribution in [3.8, 4) is 0 Å². The Morgan fingerprint density at radius 1 is 1.25 bits per heavy atom. The highest BCUT2D eigenvalue weighted by Gasteiger charge is 2.11. The average molecular weight is 271 g/mol. The van der Waals surface area contributed by atoms with Crippen molar-refractivity contribution in [2.45, 2.75) is 19.4 Å². The molecule has 0 atom stereocenters. The molecule has 0 aliphatic rings. The molecule has 0 saturated heterocycles. The van der Waals surface area contributed by atoms with Gasteiger partial charge in [0.1, 0.15) is 5.52 Å². The second kappa shape index (κ2) is 4.80. The molecule has 20 heavy (non-hydrogen) atoms. The fourth-order valence-corrected chi connectivity index (χ4v) is 2.38. The van der Waals surface area contributed by atoms with Crippen LogP contribution in [0.4, 0.5) is 0 Å². The summed E-state index contributed by atoms with van der Waals surface area (Å²) in [5, 5.41) is 8.71. The zero-order valence-electron chi connectivity index (χ0n) is 10.7. The first kappa shape index (κ1) is 12.4. The van der Waals surface area contributed by atoms with E-state index in [1.807, 2.05) is 24.4 Å². The molecule has 6 nitrogen and oxygen atoms in total. The first-order valence-electron chi connectivity index (χ1n) is 6.35. The minimum atomic E-state index is -0.862. The Balaban J connectivity index is 2.19. The van der Waals surface area contributed by atoms with E-state index in [0.717, 1.165) is 5.52 Å². The molecule has 0 unspecified atom stereocenters. The molecule has 0 fully saturated rings. The molecule has 3 aromatic heterocycles. The average Bonchev–Trinajstić information content (AvgIpc) is 2.92. The predicted octanol–water partition coefficient (Wildman–Crippen LogP) is 1.51. The number of hydrogen-bond acceptors (Lipinski definition) is 3. The predicted molar refractivity (Wildman–Crippen MR) is 73.8 cm³/mol. The quantitative estimate of drug-likeness (QED) is 0.780. The van der Waals surface area contributed by atoms with Gasteiger partial charge in [-0.25, -0.2) is 4.98 Å². The van der Waals surface area contributed by atoms with E-state index in [9.17, 15) is 9.59 Å². The minimum Gasteiger partial charge on any atom is -0.481 e. The molecule has 0 amide bonds. The maximum absolute atomic E-state index is 12.4. The molecule has 6 heteroatoms. The maximum Gasteiger partial charge on any atom is 0.303 e. The summed E-state index contributed by atoms with van der Waals surface area (Å²) < 4.78 is 3.35. The van der Waals surface area contributed by atoms with Crippen LogP contribution in [0.5, 0.6) is 0 Å². The Labute approximate surface area is 113 Å². The SMILES string of the molecule is O=C(O)CCCn1c(=O)c2cccn2c2cccnc21. The van der Waals surface area contributed by atoms with E-state index in [4.69, 9.17) is 5.11 Å². The summed E-state index contributed by atoms with van der Waals surface area (Å²) in [6, 6.07) is 7.27. The van der Waals surface area contributed by atoms with E-state index < -0.39 is 5.97 Å². The van der Waals surface area contributed by atoms with Crippen molar-refractivity contribution < 1.29 is 9.90 Å². The van der Waals surface area contributed by atoms with Gasteiger partial charge in [-0.2, -0.15) is 0 Å². The smallest absolute Gasteiger partial charge is 0.303 e. The molecule has 3 rings (SSSR count). The standard InChI is InChI=1S/C14H13N3O3/c18-12(19)6-3-9-17-13-10(4-1-7-15-13)16-8-2-5-11(16)14(17)20/h1-2,4-5,7-8H,3,6,9H2,(H,18,19). The van der Waals surface area contributed by atoms with Gasteiger partial charge in [-0.15, -0.1) is 0 Å². The Morgan fingerprint density at radius 2 is 2.05 bits per heavy atom. The van der Waals surface area contributed by atoms with E-state index in [1.54, 1.807) is 21.2 Å². The number of carboxylic acids is 1. The number of nitrogens with zero attached hydrogens (tertiary/aromatic N) is 3. The topological polar surface area (TPSA) is 76.6 Å².